The SMILES string of the molecule is COC(=O)C1=C(C(=O)OC)N(c2ccccc2C(=O)NCCOc2ccc(C(C)(C)C)cc2)C=CC=C1. The Morgan fingerprint density at radius 3 is 2.22 bits per heavy atom. The van der Waals surface area contributed by atoms with E-state index in [1.807, 2.05) is 24.3 Å². The zero-order valence-corrected chi connectivity index (χ0v) is 21.7. The molecule has 8 heteroatoms. The van der Waals surface area contributed by atoms with Crippen molar-refractivity contribution in [3.05, 3.63) is 95.4 Å². The molecule has 8 nitrogen and oxygen atoms in total. The fourth-order valence-corrected chi connectivity index (χ4v) is 3.71. The Hall–Kier alpha value is -4.33. The molecular formula is C29H32N2O6. The van der Waals surface area contributed by atoms with E-state index in [2.05, 4.69) is 26.1 Å². The lowest BCUT2D eigenvalue weighted by Crippen LogP contribution is -2.32. The molecule has 0 radical (unpaired) electrons. The number of hydrogen-bond donors (Lipinski definition) is 1. The van der Waals surface area contributed by atoms with Gasteiger partial charge in [-0.2, -0.15) is 0 Å². The summed E-state index contributed by atoms with van der Waals surface area (Å²) in [5.41, 5.74) is 1.88. The Morgan fingerprint density at radius 2 is 1.57 bits per heavy atom. The number of nitrogens with one attached hydrogen (secondary N) is 1. The van der Waals surface area contributed by atoms with E-state index in [9.17, 15) is 14.4 Å². The van der Waals surface area contributed by atoms with Crippen LogP contribution in [0.3, 0.4) is 0 Å². The fraction of sp³-hybridized carbons (Fsp3) is 0.276. The van der Waals surface area contributed by atoms with Crippen molar-refractivity contribution in [2.75, 3.05) is 32.3 Å². The zero-order valence-electron chi connectivity index (χ0n) is 21.7. The van der Waals surface area contributed by atoms with E-state index in [-0.39, 0.29) is 35.7 Å². The number of allylic oxidation sites excluding steroid dienone is 2. The molecule has 37 heavy (non-hydrogen) atoms. The van der Waals surface area contributed by atoms with Crippen LogP contribution in [0.2, 0.25) is 0 Å². The smallest absolute Gasteiger partial charge is 0.355 e. The number of ether oxygens (including phenoxy) is 3. The number of benzene rings is 2. The Bertz CT molecular complexity index is 1240. The molecule has 0 bridgehead atoms. The lowest BCUT2D eigenvalue weighted by Gasteiger charge is -2.25. The highest BCUT2D eigenvalue weighted by Crippen LogP contribution is 2.29. The zero-order chi connectivity index (χ0) is 27.0. The maximum absolute atomic E-state index is 13.1. The monoisotopic (exact) mass is 504 g/mol. The Balaban J connectivity index is 1.77. The van der Waals surface area contributed by atoms with Gasteiger partial charge in [0, 0.05) is 6.20 Å². The Kier molecular flexibility index (Phi) is 8.90. The number of nitrogens with zero attached hydrogens (tertiary/aromatic N) is 1. The minimum Gasteiger partial charge on any atom is -0.492 e. The van der Waals surface area contributed by atoms with Gasteiger partial charge < -0.3 is 24.4 Å². The third-order valence-corrected chi connectivity index (χ3v) is 5.67. The number of carbonyl (C=O) groups excluding carboxylic acids is 3. The summed E-state index contributed by atoms with van der Waals surface area (Å²) in [6.45, 7) is 6.98. The first-order valence-electron chi connectivity index (χ1n) is 11.8. The molecule has 0 unspecified atom stereocenters. The van der Waals surface area contributed by atoms with Crippen molar-refractivity contribution in [2.24, 2.45) is 0 Å². The summed E-state index contributed by atoms with van der Waals surface area (Å²) in [6.07, 6.45) is 6.29. The molecule has 3 rings (SSSR count). The first kappa shape index (κ1) is 27.3. The minimum absolute atomic E-state index is 0.000408. The highest BCUT2D eigenvalue weighted by Gasteiger charge is 2.29. The first-order valence-corrected chi connectivity index (χ1v) is 11.8. The number of carbonyl (C=O) groups is 3. The van der Waals surface area contributed by atoms with E-state index < -0.39 is 11.9 Å². The van der Waals surface area contributed by atoms with Crippen LogP contribution in [-0.2, 0) is 24.5 Å². The summed E-state index contributed by atoms with van der Waals surface area (Å²) in [7, 11) is 2.44. The van der Waals surface area contributed by atoms with Gasteiger partial charge in [-0.15, -0.1) is 0 Å². The maximum atomic E-state index is 13.1. The van der Waals surface area contributed by atoms with Crippen LogP contribution >= 0.6 is 0 Å². The second-order valence-corrected chi connectivity index (χ2v) is 9.21. The van der Waals surface area contributed by atoms with Crippen LogP contribution < -0.4 is 15.0 Å². The first-order chi connectivity index (χ1) is 17.7. The summed E-state index contributed by atoms with van der Waals surface area (Å²) >= 11 is 0. The van der Waals surface area contributed by atoms with Gasteiger partial charge in [-0.25, -0.2) is 9.59 Å². The molecule has 1 amide bonds. The van der Waals surface area contributed by atoms with Crippen molar-refractivity contribution in [3.63, 3.8) is 0 Å². The number of amides is 1. The van der Waals surface area contributed by atoms with Gasteiger partial charge in [-0.05, 0) is 47.4 Å². The average molecular weight is 505 g/mol. The Labute approximate surface area is 217 Å². The van der Waals surface area contributed by atoms with Crippen molar-refractivity contribution in [3.8, 4) is 5.75 Å². The van der Waals surface area contributed by atoms with Crippen LogP contribution in [0.5, 0.6) is 5.75 Å². The third kappa shape index (κ3) is 6.67. The molecule has 1 aliphatic rings. The van der Waals surface area contributed by atoms with E-state index in [1.54, 1.807) is 42.6 Å². The predicted molar refractivity (Wildman–Crippen MR) is 141 cm³/mol. The van der Waals surface area contributed by atoms with Gasteiger partial charge in [0.05, 0.1) is 37.6 Å². The van der Waals surface area contributed by atoms with Crippen molar-refractivity contribution >= 4 is 23.5 Å². The van der Waals surface area contributed by atoms with Gasteiger partial charge >= 0.3 is 11.9 Å². The van der Waals surface area contributed by atoms with Gasteiger partial charge in [0.2, 0.25) is 0 Å². The number of rotatable bonds is 8. The average Bonchev–Trinajstić information content (AvgIpc) is 3.13. The van der Waals surface area contributed by atoms with E-state index in [0.717, 1.165) is 0 Å². The number of para-hydroxylation sites is 1. The summed E-state index contributed by atoms with van der Waals surface area (Å²) in [6, 6.07) is 14.6. The van der Waals surface area contributed by atoms with Gasteiger partial charge in [0.25, 0.3) is 5.91 Å². The van der Waals surface area contributed by atoms with E-state index in [0.29, 0.717) is 17.0 Å². The normalized spacial score (nSPS) is 13.2. The predicted octanol–water partition coefficient (Wildman–Crippen LogP) is 4.28. The van der Waals surface area contributed by atoms with Crippen LogP contribution in [0.1, 0.15) is 36.7 Å². The molecule has 0 spiro atoms. The van der Waals surface area contributed by atoms with E-state index in [1.165, 1.54) is 30.8 Å². The quantitative estimate of drug-likeness (QED) is 0.424. The summed E-state index contributed by atoms with van der Waals surface area (Å²) in [5.74, 6) is -1.11. The lowest BCUT2D eigenvalue weighted by molar-refractivity contribution is -0.139. The van der Waals surface area contributed by atoms with E-state index in [4.69, 9.17) is 14.2 Å². The standard InChI is InChI=1S/C29H32N2O6/c1-29(2,3)20-13-15-21(16-14-20)37-19-17-30-26(32)22-10-6-7-12-24(22)31-18-9-8-11-23(27(33)35-4)25(31)28(34)36-5/h6-16,18H,17,19H2,1-5H3,(H,30,32). The molecule has 0 aliphatic carbocycles. The highest BCUT2D eigenvalue weighted by atomic mass is 16.5. The highest BCUT2D eigenvalue weighted by molar-refractivity contribution is 6.07. The molecule has 0 saturated heterocycles. The second kappa shape index (κ2) is 12.1. The fourth-order valence-electron chi connectivity index (χ4n) is 3.71. The number of methoxy groups -OCH3 is 2. The minimum atomic E-state index is -0.752. The number of esters is 2. The summed E-state index contributed by atoms with van der Waals surface area (Å²) in [5, 5.41) is 2.85. The van der Waals surface area contributed by atoms with Crippen molar-refractivity contribution < 1.29 is 28.6 Å². The lowest BCUT2D eigenvalue weighted by atomic mass is 9.87. The van der Waals surface area contributed by atoms with Gasteiger partial charge in [0.1, 0.15) is 18.1 Å². The Morgan fingerprint density at radius 1 is 0.892 bits per heavy atom. The second-order valence-electron chi connectivity index (χ2n) is 9.21. The molecule has 0 atom stereocenters. The van der Waals surface area contributed by atoms with Crippen LogP contribution in [0.4, 0.5) is 5.69 Å². The summed E-state index contributed by atoms with van der Waals surface area (Å²) in [4.78, 5) is 39.7. The molecule has 2 aromatic carbocycles. The largest absolute Gasteiger partial charge is 0.492 e. The van der Waals surface area contributed by atoms with Crippen molar-refractivity contribution in [1.82, 2.24) is 5.32 Å². The van der Waals surface area contributed by atoms with Crippen LogP contribution in [0.15, 0.2) is 84.2 Å². The number of anilines is 1. The molecule has 1 N–H and O–H groups in total. The van der Waals surface area contributed by atoms with Crippen LogP contribution in [0.25, 0.3) is 0 Å². The topological polar surface area (TPSA) is 94.2 Å². The summed E-state index contributed by atoms with van der Waals surface area (Å²) < 4.78 is 15.6. The third-order valence-electron chi connectivity index (χ3n) is 5.67. The molecule has 1 heterocycles. The number of hydrogen-bond acceptors (Lipinski definition) is 7. The molecule has 0 fully saturated rings. The molecule has 194 valence electrons. The van der Waals surface area contributed by atoms with E-state index >= 15 is 0 Å². The van der Waals surface area contributed by atoms with Gasteiger partial charge in [-0.3, -0.25) is 4.79 Å². The van der Waals surface area contributed by atoms with Crippen LogP contribution in [-0.4, -0.2) is 45.2 Å². The van der Waals surface area contributed by atoms with Gasteiger partial charge in [0.15, 0.2) is 0 Å². The molecule has 0 aromatic heterocycles. The molecule has 2 aromatic rings. The van der Waals surface area contributed by atoms with Gasteiger partial charge in [-0.1, -0.05) is 51.1 Å². The molecular weight excluding hydrogens is 472 g/mol. The van der Waals surface area contributed by atoms with Crippen molar-refractivity contribution in [1.29, 1.82) is 0 Å². The van der Waals surface area contributed by atoms with Crippen LogP contribution in [0, 0.1) is 0 Å². The maximum Gasteiger partial charge on any atom is 0.355 e. The molecule has 1 aliphatic heterocycles. The van der Waals surface area contributed by atoms with Crippen molar-refractivity contribution in [2.45, 2.75) is 26.2 Å². The molecule has 0 saturated carbocycles.